The molecule has 0 aliphatic rings. The van der Waals surface area contributed by atoms with Crippen LogP contribution < -0.4 is 10.1 Å². The topological polar surface area (TPSA) is 86.2 Å². The summed E-state index contributed by atoms with van der Waals surface area (Å²) in [6.07, 6.45) is 4.57. The fourth-order valence-corrected chi connectivity index (χ4v) is 4.10. The number of benzene rings is 1. The van der Waals surface area contributed by atoms with Gasteiger partial charge in [0.2, 0.25) is 0 Å². The molecule has 3 heterocycles. The van der Waals surface area contributed by atoms with Crippen LogP contribution in [0.5, 0.6) is 11.5 Å². The third-order valence-corrected chi connectivity index (χ3v) is 5.69. The molecule has 0 saturated carbocycles. The Bertz CT molecular complexity index is 1230. The normalized spacial score (nSPS) is 10.8. The van der Waals surface area contributed by atoms with Gasteiger partial charge >= 0.3 is 5.97 Å². The average Bonchev–Trinajstić information content (AvgIpc) is 3.12. The standard InChI is InChI=1S/C22H19FN4O3S/c1-3-29-22(28)19-13(2)18-20(26-12-27-21(18)31-19)25-10-14-6-7-17(16(23)9-14)30-15-5-4-8-24-11-15/h4-9,11-12H,3,10H2,1-2H3,(H,25,26,27). The van der Waals surface area contributed by atoms with E-state index in [9.17, 15) is 9.18 Å². The second-order valence-corrected chi connectivity index (χ2v) is 7.59. The molecule has 1 N–H and O–H groups in total. The Morgan fingerprint density at radius 2 is 2.13 bits per heavy atom. The van der Waals surface area contributed by atoms with Crippen LogP contribution in [-0.4, -0.2) is 27.5 Å². The van der Waals surface area contributed by atoms with Gasteiger partial charge in [-0.3, -0.25) is 4.98 Å². The molecule has 0 fully saturated rings. The molecule has 0 atom stereocenters. The number of carbonyl (C=O) groups excluding carboxylic acids is 1. The zero-order chi connectivity index (χ0) is 21.8. The van der Waals surface area contributed by atoms with Crippen molar-refractivity contribution in [1.82, 2.24) is 15.0 Å². The number of hydrogen-bond donors (Lipinski definition) is 1. The number of anilines is 1. The zero-order valence-corrected chi connectivity index (χ0v) is 17.7. The quantitative estimate of drug-likeness (QED) is 0.401. The first-order valence-electron chi connectivity index (χ1n) is 9.58. The number of hydrogen-bond acceptors (Lipinski definition) is 8. The summed E-state index contributed by atoms with van der Waals surface area (Å²) in [5, 5.41) is 3.97. The van der Waals surface area contributed by atoms with E-state index < -0.39 is 5.82 Å². The number of nitrogens with one attached hydrogen (secondary N) is 1. The number of fused-ring (bicyclic) bond motifs is 1. The molecule has 0 bridgehead atoms. The van der Waals surface area contributed by atoms with Crippen molar-refractivity contribution < 1.29 is 18.7 Å². The predicted octanol–water partition coefficient (Wildman–Crippen LogP) is 5.11. The highest BCUT2D eigenvalue weighted by molar-refractivity contribution is 7.20. The van der Waals surface area contributed by atoms with Gasteiger partial charge in [-0.15, -0.1) is 11.3 Å². The van der Waals surface area contributed by atoms with Crippen molar-refractivity contribution in [2.45, 2.75) is 20.4 Å². The van der Waals surface area contributed by atoms with Crippen LogP contribution in [0, 0.1) is 12.7 Å². The van der Waals surface area contributed by atoms with Gasteiger partial charge in [0, 0.05) is 12.7 Å². The molecule has 9 heteroatoms. The number of halogens is 1. The molecule has 158 valence electrons. The number of rotatable bonds is 7. The fraction of sp³-hybridized carbons (Fsp3) is 0.182. The van der Waals surface area contributed by atoms with E-state index in [1.165, 1.54) is 29.9 Å². The Kier molecular flexibility index (Phi) is 6.03. The molecule has 0 radical (unpaired) electrons. The van der Waals surface area contributed by atoms with Gasteiger partial charge in [0.15, 0.2) is 11.6 Å². The SMILES string of the molecule is CCOC(=O)c1sc2ncnc(NCc3ccc(Oc4cccnc4)c(F)c3)c2c1C. The van der Waals surface area contributed by atoms with Gasteiger partial charge < -0.3 is 14.8 Å². The van der Waals surface area contributed by atoms with E-state index in [0.717, 1.165) is 10.9 Å². The maximum atomic E-state index is 14.5. The van der Waals surface area contributed by atoms with Crippen LogP contribution in [0.4, 0.5) is 10.2 Å². The highest BCUT2D eigenvalue weighted by Crippen LogP contribution is 2.34. The Hall–Kier alpha value is -3.59. The Morgan fingerprint density at radius 1 is 1.26 bits per heavy atom. The van der Waals surface area contributed by atoms with Gasteiger partial charge in [0.05, 0.1) is 18.2 Å². The lowest BCUT2D eigenvalue weighted by atomic mass is 10.2. The van der Waals surface area contributed by atoms with Crippen molar-refractivity contribution >= 4 is 33.3 Å². The average molecular weight is 438 g/mol. The van der Waals surface area contributed by atoms with Crippen LogP contribution in [0.25, 0.3) is 10.2 Å². The molecule has 3 aromatic heterocycles. The van der Waals surface area contributed by atoms with E-state index >= 15 is 0 Å². The van der Waals surface area contributed by atoms with Gasteiger partial charge in [-0.2, -0.15) is 0 Å². The molecular formula is C22H19FN4O3S. The molecular weight excluding hydrogens is 419 g/mol. The maximum Gasteiger partial charge on any atom is 0.348 e. The minimum Gasteiger partial charge on any atom is -0.462 e. The number of esters is 1. The van der Waals surface area contributed by atoms with E-state index in [4.69, 9.17) is 9.47 Å². The predicted molar refractivity (Wildman–Crippen MR) is 116 cm³/mol. The number of carbonyl (C=O) groups is 1. The van der Waals surface area contributed by atoms with E-state index in [1.807, 2.05) is 6.92 Å². The first-order valence-corrected chi connectivity index (χ1v) is 10.4. The molecule has 0 aliphatic carbocycles. The van der Waals surface area contributed by atoms with E-state index in [-0.39, 0.29) is 11.7 Å². The highest BCUT2D eigenvalue weighted by atomic mass is 32.1. The Labute approximate surface area is 181 Å². The van der Waals surface area contributed by atoms with Crippen molar-refractivity contribution in [3.8, 4) is 11.5 Å². The van der Waals surface area contributed by atoms with Gasteiger partial charge in [0.25, 0.3) is 0 Å². The van der Waals surface area contributed by atoms with Crippen LogP contribution in [0.15, 0.2) is 49.1 Å². The van der Waals surface area contributed by atoms with E-state index in [0.29, 0.717) is 40.0 Å². The minimum atomic E-state index is -0.479. The van der Waals surface area contributed by atoms with Crippen molar-refractivity contribution in [3.63, 3.8) is 0 Å². The molecule has 7 nitrogen and oxygen atoms in total. The number of aromatic nitrogens is 3. The van der Waals surface area contributed by atoms with Gasteiger partial charge in [0.1, 0.15) is 27.6 Å². The first-order chi connectivity index (χ1) is 15.1. The summed E-state index contributed by atoms with van der Waals surface area (Å²) < 4.78 is 25.1. The Balaban J connectivity index is 1.52. The summed E-state index contributed by atoms with van der Waals surface area (Å²) >= 11 is 1.27. The second kappa shape index (κ2) is 9.05. The lowest BCUT2D eigenvalue weighted by Crippen LogP contribution is -2.05. The molecule has 0 amide bonds. The van der Waals surface area contributed by atoms with Crippen molar-refractivity contribution in [1.29, 1.82) is 0 Å². The van der Waals surface area contributed by atoms with Crippen molar-refractivity contribution in [2.75, 3.05) is 11.9 Å². The molecule has 0 unspecified atom stereocenters. The zero-order valence-electron chi connectivity index (χ0n) is 16.9. The summed E-state index contributed by atoms with van der Waals surface area (Å²) in [6.45, 7) is 4.24. The van der Waals surface area contributed by atoms with E-state index in [1.54, 1.807) is 37.4 Å². The molecule has 0 saturated heterocycles. The molecule has 0 aliphatic heterocycles. The lowest BCUT2D eigenvalue weighted by Gasteiger charge is -2.10. The summed E-state index contributed by atoms with van der Waals surface area (Å²) in [6, 6.07) is 8.17. The third kappa shape index (κ3) is 4.46. The number of ether oxygens (including phenoxy) is 2. The van der Waals surface area contributed by atoms with Crippen LogP contribution in [-0.2, 0) is 11.3 Å². The molecule has 0 spiro atoms. The highest BCUT2D eigenvalue weighted by Gasteiger charge is 2.20. The molecule has 1 aromatic carbocycles. The summed E-state index contributed by atoms with van der Waals surface area (Å²) in [4.78, 5) is 25.9. The summed E-state index contributed by atoms with van der Waals surface area (Å²) in [5.74, 6) is 0.299. The van der Waals surface area contributed by atoms with E-state index in [2.05, 4.69) is 20.3 Å². The smallest absolute Gasteiger partial charge is 0.348 e. The minimum absolute atomic E-state index is 0.119. The van der Waals surface area contributed by atoms with Crippen molar-refractivity contribution in [3.05, 3.63) is 70.9 Å². The van der Waals surface area contributed by atoms with Gasteiger partial charge in [-0.05, 0) is 49.2 Å². The fourth-order valence-electron chi connectivity index (χ4n) is 3.05. The van der Waals surface area contributed by atoms with Crippen LogP contribution in [0.3, 0.4) is 0 Å². The number of aryl methyl sites for hydroxylation is 1. The summed E-state index contributed by atoms with van der Waals surface area (Å²) in [7, 11) is 0. The van der Waals surface area contributed by atoms with Crippen LogP contribution in [0.2, 0.25) is 0 Å². The molecule has 31 heavy (non-hydrogen) atoms. The molecule has 4 aromatic rings. The first kappa shape index (κ1) is 20.7. The maximum absolute atomic E-state index is 14.5. The van der Waals surface area contributed by atoms with Gasteiger partial charge in [-0.25, -0.2) is 19.2 Å². The van der Waals surface area contributed by atoms with Gasteiger partial charge in [-0.1, -0.05) is 6.07 Å². The largest absolute Gasteiger partial charge is 0.462 e. The Morgan fingerprint density at radius 3 is 2.87 bits per heavy atom. The number of thiophene rings is 1. The third-order valence-electron chi connectivity index (χ3n) is 4.51. The lowest BCUT2D eigenvalue weighted by molar-refractivity contribution is 0.0531. The van der Waals surface area contributed by atoms with Crippen LogP contribution >= 0.6 is 11.3 Å². The monoisotopic (exact) mass is 438 g/mol. The van der Waals surface area contributed by atoms with Crippen molar-refractivity contribution in [2.24, 2.45) is 0 Å². The number of pyridine rings is 1. The molecule has 4 rings (SSSR count). The number of nitrogens with zero attached hydrogens (tertiary/aromatic N) is 3. The van der Waals surface area contributed by atoms with Crippen LogP contribution in [0.1, 0.15) is 27.7 Å². The second-order valence-electron chi connectivity index (χ2n) is 6.59. The summed E-state index contributed by atoms with van der Waals surface area (Å²) in [5.41, 5.74) is 1.47.